The normalized spacial score (nSPS) is 11.1. The lowest BCUT2D eigenvalue weighted by Gasteiger charge is -2.01. The van der Waals surface area contributed by atoms with Gasteiger partial charge in [-0.2, -0.15) is 0 Å². The summed E-state index contributed by atoms with van der Waals surface area (Å²) in [6.45, 7) is 4.87. The molecule has 1 nitrogen and oxygen atoms in total. The summed E-state index contributed by atoms with van der Waals surface area (Å²) in [5.41, 5.74) is 2.04. The lowest BCUT2D eigenvalue weighted by atomic mass is 10.2. The maximum atomic E-state index is 13.2. The van der Waals surface area contributed by atoms with Gasteiger partial charge in [0.05, 0.1) is 10.5 Å². The van der Waals surface area contributed by atoms with Crippen LogP contribution in [0.25, 0.3) is 10.9 Å². The number of nitrogens with zero attached hydrogens (tertiary/aromatic N) is 1. The first kappa shape index (κ1) is 9.53. The van der Waals surface area contributed by atoms with Crippen molar-refractivity contribution in [2.45, 2.75) is 20.4 Å². The van der Waals surface area contributed by atoms with E-state index >= 15 is 0 Å². The molecule has 0 fully saturated rings. The number of hydrogen-bond donors (Lipinski definition) is 0. The minimum absolute atomic E-state index is 0.189. The van der Waals surface area contributed by atoms with Crippen LogP contribution in [-0.2, 0) is 6.54 Å². The van der Waals surface area contributed by atoms with Crippen molar-refractivity contribution in [2.24, 2.45) is 0 Å². The molecule has 2 aromatic rings. The molecule has 1 heterocycles. The Bertz CT molecular complexity index is 487. The van der Waals surface area contributed by atoms with Crippen molar-refractivity contribution in [3.8, 4) is 0 Å². The number of aryl methyl sites for hydroxylation is 2. The Morgan fingerprint density at radius 3 is 2.79 bits per heavy atom. The van der Waals surface area contributed by atoms with Crippen LogP contribution in [0.3, 0.4) is 0 Å². The molecular formula is C11H11ClFN. The highest BCUT2D eigenvalue weighted by Gasteiger charge is 2.08. The number of fused-ring (bicyclic) bond motifs is 1. The molecule has 1 aromatic carbocycles. The average molecular weight is 212 g/mol. The Morgan fingerprint density at radius 2 is 2.14 bits per heavy atom. The van der Waals surface area contributed by atoms with Crippen molar-refractivity contribution in [3.05, 3.63) is 34.7 Å². The number of aromatic nitrogens is 1. The van der Waals surface area contributed by atoms with E-state index in [1.165, 1.54) is 6.07 Å². The van der Waals surface area contributed by atoms with Gasteiger partial charge in [-0.25, -0.2) is 4.39 Å². The number of halogens is 2. The fourth-order valence-corrected chi connectivity index (χ4v) is 1.89. The maximum absolute atomic E-state index is 13.2. The highest BCUT2D eigenvalue weighted by Crippen LogP contribution is 2.26. The average Bonchev–Trinajstić information content (AvgIpc) is 2.45. The zero-order valence-corrected chi connectivity index (χ0v) is 8.90. The van der Waals surface area contributed by atoms with Crippen LogP contribution < -0.4 is 0 Å². The van der Waals surface area contributed by atoms with Gasteiger partial charge >= 0.3 is 0 Å². The summed E-state index contributed by atoms with van der Waals surface area (Å²) in [4.78, 5) is 0. The van der Waals surface area contributed by atoms with E-state index in [1.54, 1.807) is 6.07 Å². The van der Waals surface area contributed by atoms with Crippen molar-refractivity contribution in [1.82, 2.24) is 4.57 Å². The standard InChI is InChI=1S/C11H11ClFN/c1-3-14-6-7(2)8-4-9(12)10(13)5-11(8)14/h4-6H,3H2,1-2H3. The van der Waals surface area contributed by atoms with Crippen molar-refractivity contribution < 1.29 is 4.39 Å². The quantitative estimate of drug-likeness (QED) is 0.677. The highest BCUT2D eigenvalue weighted by molar-refractivity contribution is 6.31. The van der Waals surface area contributed by atoms with E-state index in [-0.39, 0.29) is 10.8 Å². The van der Waals surface area contributed by atoms with E-state index in [4.69, 9.17) is 11.6 Å². The van der Waals surface area contributed by atoms with Crippen molar-refractivity contribution in [2.75, 3.05) is 0 Å². The lowest BCUT2D eigenvalue weighted by molar-refractivity contribution is 0.628. The minimum atomic E-state index is -0.355. The van der Waals surface area contributed by atoms with Crippen LogP contribution in [0.2, 0.25) is 5.02 Å². The van der Waals surface area contributed by atoms with Crippen LogP contribution in [-0.4, -0.2) is 4.57 Å². The second-order valence-electron chi connectivity index (χ2n) is 3.38. The minimum Gasteiger partial charge on any atom is -0.347 e. The Kier molecular flexibility index (Phi) is 2.23. The Balaban J connectivity index is 2.84. The summed E-state index contributed by atoms with van der Waals surface area (Å²) in [7, 11) is 0. The van der Waals surface area contributed by atoms with E-state index in [0.717, 1.165) is 23.0 Å². The Hall–Kier alpha value is -1.02. The second-order valence-corrected chi connectivity index (χ2v) is 3.79. The predicted octanol–water partition coefficient (Wildman–Crippen LogP) is 3.76. The molecular weight excluding hydrogens is 201 g/mol. The van der Waals surface area contributed by atoms with Gasteiger partial charge in [-0.05, 0) is 31.5 Å². The van der Waals surface area contributed by atoms with E-state index in [1.807, 2.05) is 24.6 Å². The number of hydrogen-bond acceptors (Lipinski definition) is 0. The first-order valence-electron chi connectivity index (χ1n) is 4.58. The first-order valence-corrected chi connectivity index (χ1v) is 4.95. The summed E-state index contributed by atoms with van der Waals surface area (Å²) in [6, 6.07) is 3.18. The smallest absolute Gasteiger partial charge is 0.143 e. The summed E-state index contributed by atoms with van der Waals surface area (Å²) >= 11 is 5.73. The summed E-state index contributed by atoms with van der Waals surface area (Å²) in [5, 5.41) is 1.22. The molecule has 74 valence electrons. The zero-order valence-electron chi connectivity index (χ0n) is 8.14. The summed E-state index contributed by atoms with van der Waals surface area (Å²) in [6.07, 6.45) is 2.01. The van der Waals surface area contributed by atoms with Gasteiger partial charge in [0.1, 0.15) is 5.82 Å². The predicted molar refractivity (Wildman–Crippen MR) is 57.3 cm³/mol. The number of rotatable bonds is 1. The highest BCUT2D eigenvalue weighted by atomic mass is 35.5. The second kappa shape index (κ2) is 3.28. The molecule has 14 heavy (non-hydrogen) atoms. The van der Waals surface area contributed by atoms with Gasteiger partial charge in [0.15, 0.2) is 0 Å². The number of benzene rings is 1. The van der Waals surface area contributed by atoms with Crippen LogP contribution in [0.15, 0.2) is 18.3 Å². The van der Waals surface area contributed by atoms with Crippen LogP contribution in [0.1, 0.15) is 12.5 Å². The van der Waals surface area contributed by atoms with Gasteiger partial charge in [0, 0.05) is 18.1 Å². The van der Waals surface area contributed by atoms with Gasteiger partial charge in [-0.15, -0.1) is 0 Å². The SMILES string of the molecule is CCn1cc(C)c2cc(Cl)c(F)cc21. The van der Waals surface area contributed by atoms with E-state index < -0.39 is 0 Å². The van der Waals surface area contributed by atoms with E-state index in [2.05, 4.69) is 0 Å². The Morgan fingerprint density at radius 1 is 1.43 bits per heavy atom. The molecule has 0 aliphatic rings. The van der Waals surface area contributed by atoms with Gasteiger partial charge < -0.3 is 4.57 Å². The van der Waals surface area contributed by atoms with Crippen LogP contribution >= 0.6 is 11.6 Å². The van der Waals surface area contributed by atoms with Gasteiger partial charge in [0.25, 0.3) is 0 Å². The van der Waals surface area contributed by atoms with Crippen molar-refractivity contribution in [1.29, 1.82) is 0 Å². The molecule has 0 unspecified atom stereocenters. The lowest BCUT2D eigenvalue weighted by Crippen LogP contribution is -1.91. The molecule has 0 saturated carbocycles. The summed E-state index contributed by atoms with van der Waals surface area (Å²) in [5.74, 6) is -0.355. The molecule has 0 aliphatic heterocycles. The molecule has 0 amide bonds. The monoisotopic (exact) mass is 211 g/mol. The molecule has 0 N–H and O–H groups in total. The van der Waals surface area contributed by atoms with Crippen LogP contribution in [0.4, 0.5) is 4.39 Å². The third kappa shape index (κ3) is 1.30. The van der Waals surface area contributed by atoms with Crippen LogP contribution in [0, 0.1) is 12.7 Å². The summed E-state index contributed by atoms with van der Waals surface area (Å²) < 4.78 is 15.2. The van der Waals surface area contributed by atoms with Gasteiger partial charge in [-0.1, -0.05) is 11.6 Å². The Labute approximate surface area is 87.1 Å². The van der Waals surface area contributed by atoms with Gasteiger partial charge in [-0.3, -0.25) is 0 Å². The zero-order chi connectivity index (χ0) is 10.3. The fraction of sp³-hybridized carbons (Fsp3) is 0.273. The van der Waals surface area contributed by atoms with E-state index in [9.17, 15) is 4.39 Å². The van der Waals surface area contributed by atoms with E-state index in [0.29, 0.717) is 0 Å². The molecule has 0 atom stereocenters. The molecule has 0 saturated heterocycles. The maximum Gasteiger partial charge on any atom is 0.143 e. The third-order valence-corrected chi connectivity index (χ3v) is 2.75. The molecule has 1 aromatic heterocycles. The first-order chi connectivity index (χ1) is 6.63. The molecule has 0 spiro atoms. The molecule has 0 aliphatic carbocycles. The molecule has 3 heteroatoms. The fourth-order valence-electron chi connectivity index (χ4n) is 1.72. The van der Waals surface area contributed by atoms with Crippen LogP contribution in [0.5, 0.6) is 0 Å². The van der Waals surface area contributed by atoms with Gasteiger partial charge in [0.2, 0.25) is 0 Å². The molecule has 0 bridgehead atoms. The topological polar surface area (TPSA) is 4.93 Å². The third-order valence-electron chi connectivity index (χ3n) is 2.46. The molecule has 0 radical (unpaired) electrons. The van der Waals surface area contributed by atoms with Crippen molar-refractivity contribution >= 4 is 22.5 Å². The largest absolute Gasteiger partial charge is 0.347 e. The van der Waals surface area contributed by atoms with Crippen molar-refractivity contribution in [3.63, 3.8) is 0 Å². The molecule has 2 rings (SSSR count).